The van der Waals surface area contributed by atoms with Crippen LogP contribution >= 0.6 is 11.8 Å². The van der Waals surface area contributed by atoms with Crippen LogP contribution in [-0.4, -0.2) is 28.3 Å². The van der Waals surface area contributed by atoms with Crippen molar-refractivity contribution in [2.24, 2.45) is 0 Å². The van der Waals surface area contributed by atoms with E-state index < -0.39 is 12.1 Å². The Morgan fingerprint density at radius 3 is 2.35 bits per heavy atom. The lowest BCUT2D eigenvalue weighted by Crippen LogP contribution is -2.27. The average molecular weight is 440 g/mol. The number of anilines is 1. The summed E-state index contributed by atoms with van der Waals surface area (Å²) in [6.07, 6.45) is 4.28. The molecule has 3 rings (SSSR count). The number of carbonyl (C=O) groups excluding carboxylic acids is 2. The van der Waals surface area contributed by atoms with Crippen LogP contribution in [0.4, 0.5) is 10.5 Å². The van der Waals surface area contributed by atoms with Gasteiger partial charge >= 0.3 is 5.97 Å². The summed E-state index contributed by atoms with van der Waals surface area (Å²) in [4.78, 5) is 37.9. The maximum absolute atomic E-state index is 12.8. The summed E-state index contributed by atoms with van der Waals surface area (Å²) in [5.74, 6) is -0.935. The number of amides is 2. The highest BCUT2D eigenvalue weighted by Gasteiger charge is 2.36. The predicted octanol–water partition coefficient (Wildman–Crippen LogP) is 5.51. The minimum Gasteiger partial charge on any atom is -0.479 e. The summed E-state index contributed by atoms with van der Waals surface area (Å²) in [6.45, 7) is 3.88. The van der Waals surface area contributed by atoms with Gasteiger partial charge in [-0.05, 0) is 72.5 Å². The number of carboxylic acid groups (broad SMARTS) is 1. The molecule has 1 N–H and O–H groups in total. The molecule has 2 aromatic carbocycles. The third-order valence-electron chi connectivity index (χ3n) is 4.91. The monoisotopic (exact) mass is 439 g/mol. The quantitative estimate of drug-likeness (QED) is 0.519. The van der Waals surface area contributed by atoms with Gasteiger partial charge in [-0.2, -0.15) is 0 Å². The summed E-state index contributed by atoms with van der Waals surface area (Å²) in [5, 5.41) is 8.76. The molecule has 6 nitrogen and oxygen atoms in total. The second-order valence-corrected chi connectivity index (χ2v) is 8.20. The van der Waals surface area contributed by atoms with Gasteiger partial charge in [0.05, 0.1) is 10.6 Å². The highest BCUT2D eigenvalue weighted by molar-refractivity contribution is 8.19. The summed E-state index contributed by atoms with van der Waals surface area (Å²) in [5.41, 5.74) is 2.47. The van der Waals surface area contributed by atoms with Crippen LogP contribution in [0, 0.1) is 0 Å². The summed E-state index contributed by atoms with van der Waals surface area (Å²) in [7, 11) is 0. The van der Waals surface area contributed by atoms with Crippen molar-refractivity contribution in [3.05, 3.63) is 64.6 Å². The molecule has 1 heterocycles. The molecule has 31 heavy (non-hydrogen) atoms. The SMILES string of the molecule is CCCCc1ccc(N2C(=O)S/C(=C/c3ccc(OC(CC)C(=O)O)cc3)C2=O)cc1. The third-order valence-corrected chi connectivity index (χ3v) is 5.78. The molecule has 1 unspecified atom stereocenters. The van der Waals surface area contributed by atoms with E-state index in [4.69, 9.17) is 9.84 Å². The number of benzene rings is 2. The Morgan fingerprint density at radius 1 is 1.10 bits per heavy atom. The Hall–Kier alpha value is -3.06. The summed E-state index contributed by atoms with van der Waals surface area (Å²) < 4.78 is 5.44. The second-order valence-electron chi connectivity index (χ2n) is 7.21. The topological polar surface area (TPSA) is 83.9 Å². The number of hydrogen-bond donors (Lipinski definition) is 1. The van der Waals surface area contributed by atoms with Gasteiger partial charge in [-0.25, -0.2) is 9.69 Å². The zero-order valence-corrected chi connectivity index (χ0v) is 18.4. The molecule has 0 saturated carbocycles. The molecule has 0 aliphatic carbocycles. The molecule has 162 valence electrons. The van der Waals surface area contributed by atoms with Gasteiger partial charge in [-0.15, -0.1) is 0 Å². The molecule has 0 radical (unpaired) electrons. The van der Waals surface area contributed by atoms with E-state index >= 15 is 0 Å². The van der Waals surface area contributed by atoms with Gasteiger partial charge in [0, 0.05) is 0 Å². The Kier molecular flexibility index (Phi) is 7.52. The van der Waals surface area contributed by atoms with Crippen LogP contribution in [0.15, 0.2) is 53.4 Å². The lowest BCUT2D eigenvalue weighted by molar-refractivity contribution is -0.145. The molecular formula is C24H25NO5S. The van der Waals surface area contributed by atoms with Crippen molar-refractivity contribution < 1.29 is 24.2 Å². The van der Waals surface area contributed by atoms with Crippen molar-refractivity contribution in [2.75, 3.05) is 4.90 Å². The second kappa shape index (κ2) is 10.3. The largest absolute Gasteiger partial charge is 0.479 e. The van der Waals surface area contributed by atoms with E-state index in [1.165, 1.54) is 10.5 Å². The van der Waals surface area contributed by atoms with Crippen LogP contribution in [0.2, 0.25) is 0 Å². The molecule has 7 heteroatoms. The number of carboxylic acids is 1. The molecule has 1 fully saturated rings. The molecule has 1 saturated heterocycles. The van der Waals surface area contributed by atoms with Crippen LogP contribution < -0.4 is 9.64 Å². The molecular weight excluding hydrogens is 414 g/mol. The number of unbranched alkanes of at least 4 members (excludes halogenated alkanes) is 1. The van der Waals surface area contributed by atoms with Gasteiger partial charge in [0.1, 0.15) is 5.75 Å². The van der Waals surface area contributed by atoms with Gasteiger partial charge in [0.25, 0.3) is 11.1 Å². The van der Waals surface area contributed by atoms with E-state index in [1.807, 2.05) is 24.3 Å². The molecule has 1 atom stereocenters. The first-order valence-corrected chi connectivity index (χ1v) is 11.1. The van der Waals surface area contributed by atoms with Crippen molar-refractivity contribution in [3.8, 4) is 5.75 Å². The van der Waals surface area contributed by atoms with Crippen molar-refractivity contribution in [3.63, 3.8) is 0 Å². The maximum atomic E-state index is 12.8. The molecule has 0 bridgehead atoms. The van der Waals surface area contributed by atoms with Crippen LogP contribution in [0.1, 0.15) is 44.2 Å². The van der Waals surface area contributed by atoms with E-state index in [9.17, 15) is 14.4 Å². The number of ether oxygens (including phenoxy) is 1. The van der Waals surface area contributed by atoms with E-state index in [0.717, 1.165) is 36.6 Å². The zero-order chi connectivity index (χ0) is 22.4. The standard InChI is InChI=1S/C24H25NO5S/c1-3-5-6-16-7-11-18(12-8-16)25-22(26)21(31-24(25)29)15-17-9-13-19(14-10-17)30-20(4-2)23(27)28/h7-15,20H,3-6H2,1-2H3,(H,27,28)/b21-15+. The van der Waals surface area contributed by atoms with Gasteiger partial charge in [-0.1, -0.05) is 44.5 Å². The molecule has 1 aliphatic rings. The number of rotatable bonds is 9. The van der Waals surface area contributed by atoms with Crippen molar-refractivity contribution in [1.82, 2.24) is 0 Å². The van der Waals surface area contributed by atoms with Gasteiger partial charge in [-0.3, -0.25) is 9.59 Å². The van der Waals surface area contributed by atoms with Gasteiger partial charge < -0.3 is 9.84 Å². The van der Waals surface area contributed by atoms with E-state index in [0.29, 0.717) is 22.8 Å². The van der Waals surface area contributed by atoms with Crippen molar-refractivity contribution in [2.45, 2.75) is 45.6 Å². The van der Waals surface area contributed by atoms with E-state index in [-0.39, 0.29) is 11.1 Å². The molecule has 0 spiro atoms. The Morgan fingerprint density at radius 2 is 1.77 bits per heavy atom. The molecule has 1 aliphatic heterocycles. The van der Waals surface area contributed by atoms with E-state index in [2.05, 4.69) is 6.92 Å². The first kappa shape index (κ1) is 22.6. The van der Waals surface area contributed by atoms with Crippen molar-refractivity contribution >= 4 is 40.6 Å². The Balaban J connectivity index is 1.72. The minimum atomic E-state index is -1.02. The maximum Gasteiger partial charge on any atom is 0.344 e. The Labute approximate surface area is 185 Å². The molecule has 0 aromatic heterocycles. The number of hydrogen-bond acceptors (Lipinski definition) is 5. The lowest BCUT2D eigenvalue weighted by atomic mass is 10.1. The minimum absolute atomic E-state index is 0.329. The van der Waals surface area contributed by atoms with Crippen LogP contribution in [0.3, 0.4) is 0 Å². The fraction of sp³-hybridized carbons (Fsp3) is 0.292. The molecule has 2 amide bonds. The Bertz CT molecular complexity index is 982. The fourth-order valence-electron chi connectivity index (χ4n) is 3.15. The normalized spacial score (nSPS) is 16.1. The van der Waals surface area contributed by atoms with Gasteiger partial charge in [0.2, 0.25) is 0 Å². The van der Waals surface area contributed by atoms with E-state index in [1.54, 1.807) is 37.3 Å². The number of aliphatic carboxylic acids is 1. The first-order chi connectivity index (χ1) is 14.9. The van der Waals surface area contributed by atoms with Crippen LogP contribution in [-0.2, 0) is 16.0 Å². The highest BCUT2D eigenvalue weighted by atomic mass is 32.2. The highest BCUT2D eigenvalue weighted by Crippen LogP contribution is 2.36. The predicted molar refractivity (Wildman–Crippen MR) is 122 cm³/mol. The number of carbonyl (C=O) groups is 3. The number of aryl methyl sites for hydroxylation is 1. The average Bonchev–Trinajstić information content (AvgIpc) is 3.04. The summed E-state index contributed by atoms with van der Waals surface area (Å²) >= 11 is 0.902. The number of nitrogens with zero attached hydrogens (tertiary/aromatic N) is 1. The van der Waals surface area contributed by atoms with Crippen LogP contribution in [0.25, 0.3) is 6.08 Å². The molecule has 2 aromatic rings. The first-order valence-electron chi connectivity index (χ1n) is 10.3. The summed E-state index contributed by atoms with van der Waals surface area (Å²) in [6, 6.07) is 14.3. The van der Waals surface area contributed by atoms with Crippen LogP contribution in [0.5, 0.6) is 5.75 Å². The zero-order valence-electron chi connectivity index (χ0n) is 17.5. The smallest absolute Gasteiger partial charge is 0.344 e. The lowest BCUT2D eigenvalue weighted by Gasteiger charge is -2.13. The fourth-order valence-corrected chi connectivity index (χ4v) is 3.99. The number of imide groups is 1. The van der Waals surface area contributed by atoms with Crippen molar-refractivity contribution in [1.29, 1.82) is 0 Å². The number of thioether (sulfide) groups is 1. The van der Waals surface area contributed by atoms with Gasteiger partial charge in [0.15, 0.2) is 6.10 Å². The third kappa shape index (κ3) is 5.55.